The van der Waals surface area contributed by atoms with Gasteiger partial charge in [0.15, 0.2) is 0 Å². The number of anilines is 6. The molecule has 0 saturated heterocycles. The predicted molar refractivity (Wildman–Crippen MR) is 271 cm³/mol. The zero-order valence-corrected chi connectivity index (χ0v) is 38.8. The highest BCUT2D eigenvalue weighted by Gasteiger charge is 2.48. The molecule has 7 aromatic rings. The number of para-hydroxylation sites is 2. The summed E-state index contributed by atoms with van der Waals surface area (Å²) >= 11 is 0. The molecule has 0 bridgehead atoms. The van der Waals surface area contributed by atoms with Gasteiger partial charge in [-0.3, -0.25) is 0 Å². The van der Waals surface area contributed by atoms with Crippen LogP contribution in [-0.2, 0) is 21.7 Å². The summed E-state index contributed by atoms with van der Waals surface area (Å²) in [6.07, 6.45) is 0. The van der Waals surface area contributed by atoms with Gasteiger partial charge in [-0.1, -0.05) is 179 Å². The Kier molecular flexibility index (Phi) is 8.15. The molecule has 0 N–H and O–H groups in total. The second kappa shape index (κ2) is 12.9. The zero-order valence-electron chi connectivity index (χ0n) is 38.8. The van der Waals surface area contributed by atoms with Gasteiger partial charge in [0.1, 0.15) is 0 Å². The van der Waals surface area contributed by atoms with E-state index >= 15 is 0 Å². The van der Waals surface area contributed by atoms with Crippen molar-refractivity contribution in [2.24, 2.45) is 0 Å². The summed E-state index contributed by atoms with van der Waals surface area (Å²) in [5, 5.41) is 0. The average molecular weight is 805 g/mol. The number of benzene rings is 7. The minimum absolute atomic E-state index is 0.0323. The molecule has 4 aliphatic rings. The molecule has 0 unspecified atom stereocenters. The van der Waals surface area contributed by atoms with E-state index in [1.54, 1.807) is 0 Å². The van der Waals surface area contributed by atoms with Crippen molar-refractivity contribution in [2.45, 2.75) is 105 Å². The van der Waals surface area contributed by atoms with Crippen LogP contribution in [0.1, 0.15) is 105 Å². The number of fused-ring (bicyclic) bond motifs is 10. The van der Waals surface area contributed by atoms with Crippen molar-refractivity contribution in [1.29, 1.82) is 0 Å². The topological polar surface area (TPSA) is 6.48 Å². The van der Waals surface area contributed by atoms with Crippen LogP contribution in [0.15, 0.2) is 133 Å². The van der Waals surface area contributed by atoms with Crippen LogP contribution in [-0.4, -0.2) is 13.4 Å². The van der Waals surface area contributed by atoms with Crippen molar-refractivity contribution in [3.8, 4) is 22.3 Å². The lowest BCUT2D eigenvalue weighted by Crippen LogP contribution is -2.59. The Bertz CT molecular complexity index is 2800. The van der Waals surface area contributed by atoms with Crippen LogP contribution >= 0.6 is 0 Å². The largest absolute Gasteiger partial charge is 0.312 e. The number of hydrogen-bond acceptors (Lipinski definition) is 2. The Morgan fingerprint density at radius 1 is 0.306 bits per heavy atom. The molecule has 4 heteroatoms. The van der Waals surface area contributed by atoms with E-state index in [2.05, 4.69) is 226 Å². The van der Waals surface area contributed by atoms with Gasteiger partial charge in [-0.15, -0.1) is 0 Å². The van der Waals surface area contributed by atoms with Gasteiger partial charge in [0, 0.05) is 34.1 Å². The van der Waals surface area contributed by atoms with Crippen LogP contribution in [0.3, 0.4) is 0 Å². The maximum Gasteiger partial charge on any atom is 0.248 e. The molecule has 0 spiro atoms. The van der Waals surface area contributed by atoms with Crippen LogP contribution in [0.2, 0.25) is 0 Å². The molecular weight excluding hydrogens is 746 g/mol. The minimum Gasteiger partial charge on any atom is -0.312 e. The van der Waals surface area contributed by atoms with Gasteiger partial charge < -0.3 is 9.80 Å². The Labute approximate surface area is 371 Å². The molecule has 7 aromatic carbocycles. The summed E-state index contributed by atoms with van der Waals surface area (Å²) in [5.74, 6) is 0. The van der Waals surface area contributed by atoms with Gasteiger partial charge in [0.05, 0.1) is 0 Å². The number of rotatable bonds is 2. The minimum atomic E-state index is -0.0361. The lowest BCUT2D eigenvalue weighted by atomic mass is 9.34. The highest BCUT2D eigenvalue weighted by atomic mass is 15.2. The van der Waals surface area contributed by atoms with Crippen LogP contribution in [0.4, 0.5) is 34.1 Å². The van der Waals surface area contributed by atoms with Crippen LogP contribution in [0, 0.1) is 0 Å². The van der Waals surface area contributed by atoms with E-state index in [1.165, 1.54) is 111 Å². The fourth-order valence-corrected chi connectivity index (χ4v) is 11.0. The molecule has 0 amide bonds. The van der Waals surface area contributed by atoms with Gasteiger partial charge >= 0.3 is 0 Å². The molecular formula is C58H58B2N2. The summed E-state index contributed by atoms with van der Waals surface area (Å²) in [5.41, 5.74) is 27.0. The van der Waals surface area contributed by atoms with E-state index in [-0.39, 0.29) is 35.1 Å². The first-order valence-corrected chi connectivity index (χ1v) is 22.8. The molecule has 62 heavy (non-hydrogen) atoms. The second-order valence-corrected chi connectivity index (χ2v) is 22.7. The third kappa shape index (κ3) is 5.71. The van der Waals surface area contributed by atoms with Crippen LogP contribution in [0.25, 0.3) is 22.3 Å². The Morgan fingerprint density at radius 2 is 0.645 bits per heavy atom. The van der Waals surface area contributed by atoms with Gasteiger partial charge in [-0.25, -0.2) is 0 Å². The first-order chi connectivity index (χ1) is 29.3. The molecule has 0 radical (unpaired) electrons. The average Bonchev–Trinajstić information content (AvgIpc) is 3.73. The number of hydrogen-bond donors (Lipinski definition) is 0. The molecule has 0 atom stereocenters. The summed E-state index contributed by atoms with van der Waals surface area (Å²) in [4.78, 5) is 5.22. The number of nitrogens with zero attached hydrogens (tertiary/aromatic N) is 2. The van der Waals surface area contributed by atoms with Crippen LogP contribution in [0.5, 0.6) is 0 Å². The molecule has 0 aromatic heterocycles. The summed E-state index contributed by atoms with van der Waals surface area (Å²) in [6.45, 7) is 28.4. The summed E-state index contributed by atoms with van der Waals surface area (Å²) < 4.78 is 0. The highest BCUT2D eigenvalue weighted by Crippen LogP contribution is 2.48. The second-order valence-electron chi connectivity index (χ2n) is 22.7. The van der Waals surface area contributed by atoms with E-state index < -0.39 is 0 Å². The fraction of sp³-hybridized carbons (Fsp3) is 0.276. The van der Waals surface area contributed by atoms with Gasteiger partial charge in [0.2, 0.25) is 13.4 Å². The standard InChI is InChI=1S/C58H58B2N2/c1-55(2,3)35-23-25-45-41(27-35)43-29-37(57(7,8)9)31-51-53(43)59(45)47-33-50-48(34-49(47)61(51)39-19-15-13-16-20-39)60-46-26-24-36(56(4,5)6)28-42(46)44-30-38(58(10,11)12)32-52(54(44)60)62(50)40-21-17-14-18-22-40/h13-34H,1-12H3. The smallest absolute Gasteiger partial charge is 0.248 e. The Balaban J connectivity index is 1.27. The molecule has 4 heterocycles. The lowest BCUT2D eigenvalue weighted by molar-refractivity contribution is 0.589. The summed E-state index contributed by atoms with van der Waals surface area (Å²) in [7, 11) is 0. The molecule has 11 rings (SSSR count). The van der Waals surface area contributed by atoms with Gasteiger partial charge in [-0.2, -0.15) is 0 Å². The molecule has 0 fully saturated rings. The third-order valence-electron chi connectivity index (χ3n) is 14.5. The van der Waals surface area contributed by atoms with E-state index in [9.17, 15) is 0 Å². The maximum atomic E-state index is 2.61. The molecule has 0 aliphatic carbocycles. The first-order valence-electron chi connectivity index (χ1n) is 22.8. The first kappa shape index (κ1) is 39.1. The van der Waals surface area contributed by atoms with Gasteiger partial charge in [-0.05, 0) is 137 Å². The Morgan fingerprint density at radius 3 is 0.984 bits per heavy atom. The quantitative estimate of drug-likeness (QED) is 0.161. The van der Waals surface area contributed by atoms with Crippen molar-refractivity contribution < 1.29 is 0 Å². The van der Waals surface area contributed by atoms with Crippen LogP contribution < -0.4 is 42.6 Å². The van der Waals surface area contributed by atoms with Crippen molar-refractivity contribution in [2.75, 3.05) is 9.80 Å². The molecule has 2 nitrogen and oxygen atoms in total. The normalized spacial score (nSPS) is 14.6. The maximum absolute atomic E-state index is 2.61. The summed E-state index contributed by atoms with van der Waals surface area (Å²) in [6, 6.07) is 52.4. The highest BCUT2D eigenvalue weighted by molar-refractivity contribution is 7.03. The predicted octanol–water partition coefficient (Wildman–Crippen LogP) is 11.4. The molecule has 4 aliphatic heterocycles. The Hall–Kier alpha value is -5.73. The lowest BCUT2D eigenvalue weighted by Gasteiger charge is -2.41. The van der Waals surface area contributed by atoms with E-state index in [0.717, 1.165) is 0 Å². The van der Waals surface area contributed by atoms with Crippen molar-refractivity contribution >= 4 is 80.3 Å². The van der Waals surface area contributed by atoms with E-state index in [1.807, 2.05) is 0 Å². The monoisotopic (exact) mass is 804 g/mol. The van der Waals surface area contributed by atoms with E-state index in [0.29, 0.717) is 0 Å². The fourth-order valence-electron chi connectivity index (χ4n) is 11.0. The zero-order chi connectivity index (χ0) is 43.4. The van der Waals surface area contributed by atoms with Crippen molar-refractivity contribution in [3.05, 3.63) is 156 Å². The van der Waals surface area contributed by atoms with E-state index in [4.69, 9.17) is 0 Å². The third-order valence-corrected chi connectivity index (χ3v) is 14.5. The van der Waals surface area contributed by atoms with Gasteiger partial charge in [0.25, 0.3) is 0 Å². The SMILES string of the molecule is CC(C)(C)c1ccc2c(c1)-c1cc(C(C)(C)C)cc3c1B2c1cc2c(cc1N3c1ccccc1)B1c3ccc(C(C)(C)C)cc3-c3cc(C(C)(C)C)cc(c31)N2c1ccccc1. The molecule has 306 valence electrons. The van der Waals surface area contributed by atoms with Crippen molar-refractivity contribution in [1.82, 2.24) is 0 Å². The van der Waals surface area contributed by atoms with Crippen molar-refractivity contribution in [3.63, 3.8) is 0 Å². The molecule has 0 saturated carbocycles.